The fourth-order valence-electron chi connectivity index (χ4n) is 3.27. The lowest BCUT2D eigenvalue weighted by atomic mass is 9.74. The molecule has 1 aliphatic rings. The van der Waals surface area contributed by atoms with Gasteiger partial charge in [0, 0.05) is 0 Å². The van der Waals surface area contributed by atoms with Gasteiger partial charge < -0.3 is 10.2 Å². The summed E-state index contributed by atoms with van der Waals surface area (Å²) in [6.45, 7) is 13.4. The molecular weight excluding hydrogens is 232 g/mol. The minimum atomic E-state index is 0.681. The summed E-state index contributed by atoms with van der Waals surface area (Å²) >= 11 is 0. The molecule has 114 valence electrons. The molecule has 19 heavy (non-hydrogen) atoms. The van der Waals surface area contributed by atoms with Crippen LogP contribution in [0.3, 0.4) is 0 Å². The van der Waals surface area contributed by atoms with Crippen LogP contribution in [0.4, 0.5) is 0 Å². The third-order valence-corrected chi connectivity index (χ3v) is 5.17. The van der Waals surface area contributed by atoms with E-state index >= 15 is 0 Å². The molecule has 0 radical (unpaired) electrons. The number of nitrogens with zero attached hydrogens (tertiary/aromatic N) is 1. The second-order valence-corrected chi connectivity index (χ2v) is 6.36. The van der Waals surface area contributed by atoms with Crippen molar-refractivity contribution in [2.24, 2.45) is 5.41 Å². The van der Waals surface area contributed by atoms with Gasteiger partial charge in [0.25, 0.3) is 0 Å². The maximum Gasteiger partial charge on any atom is -0.00134 e. The minimum absolute atomic E-state index is 0.681. The van der Waals surface area contributed by atoms with Gasteiger partial charge in [0.1, 0.15) is 0 Å². The average Bonchev–Trinajstić information content (AvgIpc) is 2.47. The molecule has 0 aromatic heterocycles. The first kappa shape index (κ1) is 17.0. The summed E-state index contributed by atoms with van der Waals surface area (Å²) in [5.74, 6) is 0. The van der Waals surface area contributed by atoms with Gasteiger partial charge in [0.2, 0.25) is 0 Å². The van der Waals surface area contributed by atoms with Crippen molar-refractivity contribution in [3.8, 4) is 0 Å². The molecule has 0 aromatic rings. The van der Waals surface area contributed by atoms with Crippen molar-refractivity contribution in [2.45, 2.75) is 72.1 Å². The second kappa shape index (κ2) is 9.77. The highest BCUT2D eigenvalue weighted by molar-refractivity contribution is 4.83. The zero-order valence-electron chi connectivity index (χ0n) is 13.6. The smallest absolute Gasteiger partial charge is 0.00134 e. The number of rotatable bonds is 10. The van der Waals surface area contributed by atoms with Crippen molar-refractivity contribution in [2.75, 3.05) is 32.7 Å². The van der Waals surface area contributed by atoms with Crippen LogP contribution in [-0.2, 0) is 0 Å². The predicted molar refractivity (Wildman–Crippen MR) is 85.7 cm³/mol. The molecule has 0 aliphatic carbocycles. The van der Waals surface area contributed by atoms with E-state index < -0.39 is 0 Å². The molecule has 1 saturated heterocycles. The molecule has 2 heteroatoms. The van der Waals surface area contributed by atoms with E-state index in [1.807, 2.05) is 0 Å². The Balaban J connectivity index is 2.00. The molecule has 0 atom stereocenters. The monoisotopic (exact) mass is 268 g/mol. The SMILES string of the molecule is CCCNCCCCCN1CCC(CC)(CC)CC1. The van der Waals surface area contributed by atoms with E-state index in [0.29, 0.717) is 5.41 Å². The maximum atomic E-state index is 3.49. The molecule has 1 fully saturated rings. The van der Waals surface area contributed by atoms with Crippen molar-refractivity contribution >= 4 is 0 Å². The summed E-state index contributed by atoms with van der Waals surface area (Å²) in [7, 11) is 0. The summed E-state index contributed by atoms with van der Waals surface area (Å²) in [6, 6.07) is 0. The molecule has 0 spiro atoms. The number of unbranched alkanes of at least 4 members (excludes halogenated alkanes) is 2. The molecule has 1 N–H and O–H groups in total. The van der Waals surface area contributed by atoms with Crippen LogP contribution in [-0.4, -0.2) is 37.6 Å². The van der Waals surface area contributed by atoms with Crippen LogP contribution in [0.1, 0.15) is 72.1 Å². The van der Waals surface area contributed by atoms with Gasteiger partial charge in [0.05, 0.1) is 0 Å². The molecule has 0 bridgehead atoms. The van der Waals surface area contributed by atoms with Crippen LogP contribution in [0.5, 0.6) is 0 Å². The van der Waals surface area contributed by atoms with Crippen molar-refractivity contribution in [3.05, 3.63) is 0 Å². The van der Waals surface area contributed by atoms with Crippen LogP contribution in [0.25, 0.3) is 0 Å². The Morgan fingerprint density at radius 1 is 0.895 bits per heavy atom. The van der Waals surface area contributed by atoms with Gasteiger partial charge in [-0.25, -0.2) is 0 Å². The first-order valence-corrected chi connectivity index (χ1v) is 8.69. The molecule has 0 aromatic carbocycles. The zero-order valence-corrected chi connectivity index (χ0v) is 13.6. The Labute approximate surface area is 121 Å². The van der Waals surface area contributed by atoms with E-state index in [9.17, 15) is 0 Å². The Morgan fingerprint density at radius 2 is 1.58 bits per heavy atom. The molecule has 0 saturated carbocycles. The number of hydrogen-bond acceptors (Lipinski definition) is 2. The predicted octanol–water partition coefficient (Wildman–Crippen LogP) is 4.06. The second-order valence-electron chi connectivity index (χ2n) is 6.36. The fraction of sp³-hybridized carbons (Fsp3) is 1.00. The van der Waals surface area contributed by atoms with Crippen molar-refractivity contribution in [3.63, 3.8) is 0 Å². The van der Waals surface area contributed by atoms with Crippen LogP contribution < -0.4 is 5.32 Å². The highest BCUT2D eigenvalue weighted by Gasteiger charge is 2.30. The van der Waals surface area contributed by atoms with E-state index in [-0.39, 0.29) is 0 Å². The van der Waals surface area contributed by atoms with E-state index in [1.54, 1.807) is 0 Å². The molecule has 2 nitrogen and oxygen atoms in total. The minimum Gasteiger partial charge on any atom is -0.317 e. The topological polar surface area (TPSA) is 15.3 Å². The molecule has 0 amide bonds. The summed E-state index contributed by atoms with van der Waals surface area (Å²) in [6.07, 6.45) is 11.0. The van der Waals surface area contributed by atoms with Gasteiger partial charge in [0.15, 0.2) is 0 Å². The Kier molecular flexibility index (Phi) is 8.72. The molecule has 1 heterocycles. The summed E-state index contributed by atoms with van der Waals surface area (Å²) in [4.78, 5) is 2.70. The van der Waals surface area contributed by atoms with Gasteiger partial charge in [-0.3, -0.25) is 0 Å². The molecule has 1 rings (SSSR count). The maximum absolute atomic E-state index is 3.49. The van der Waals surface area contributed by atoms with E-state index in [4.69, 9.17) is 0 Å². The lowest BCUT2D eigenvalue weighted by Crippen LogP contribution is -2.40. The lowest BCUT2D eigenvalue weighted by molar-refractivity contribution is 0.0943. The normalized spacial score (nSPS) is 19.7. The number of piperidine rings is 1. The van der Waals surface area contributed by atoms with Crippen LogP contribution in [0.2, 0.25) is 0 Å². The van der Waals surface area contributed by atoms with Crippen LogP contribution in [0, 0.1) is 5.41 Å². The van der Waals surface area contributed by atoms with Crippen molar-refractivity contribution in [1.82, 2.24) is 10.2 Å². The van der Waals surface area contributed by atoms with Crippen molar-refractivity contribution < 1.29 is 0 Å². The third kappa shape index (κ3) is 6.27. The van der Waals surface area contributed by atoms with Crippen LogP contribution in [0.15, 0.2) is 0 Å². The zero-order chi connectivity index (χ0) is 14.0. The van der Waals surface area contributed by atoms with Gasteiger partial charge in [-0.1, -0.05) is 40.0 Å². The average molecular weight is 268 g/mol. The molecular formula is C17H36N2. The number of nitrogens with one attached hydrogen (secondary N) is 1. The van der Waals surface area contributed by atoms with Gasteiger partial charge >= 0.3 is 0 Å². The van der Waals surface area contributed by atoms with Crippen molar-refractivity contribution in [1.29, 1.82) is 0 Å². The van der Waals surface area contributed by atoms with Crippen LogP contribution >= 0.6 is 0 Å². The fourth-order valence-corrected chi connectivity index (χ4v) is 3.27. The van der Waals surface area contributed by atoms with E-state index in [1.165, 1.54) is 84.1 Å². The largest absolute Gasteiger partial charge is 0.317 e. The van der Waals surface area contributed by atoms with Gasteiger partial charge in [-0.15, -0.1) is 0 Å². The highest BCUT2D eigenvalue weighted by Crippen LogP contribution is 2.37. The van der Waals surface area contributed by atoms with E-state index in [0.717, 1.165) is 0 Å². The van der Waals surface area contributed by atoms with Gasteiger partial charge in [-0.2, -0.15) is 0 Å². The summed E-state index contributed by atoms with van der Waals surface area (Å²) in [5, 5.41) is 3.49. The standard InChI is InChI=1S/C17H36N2/c1-4-12-18-13-8-7-9-14-19-15-10-17(5-2,6-3)11-16-19/h18H,4-16H2,1-3H3. The quantitative estimate of drug-likeness (QED) is 0.601. The van der Waals surface area contributed by atoms with Gasteiger partial charge in [-0.05, 0) is 70.2 Å². The molecule has 0 unspecified atom stereocenters. The summed E-state index contributed by atoms with van der Waals surface area (Å²) in [5.41, 5.74) is 0.681. The third-order valence-electron chi connectivity index (χ3n) is 5.17. The Bertz CT molecular complexity index is 201. The molecule has 1 aliphatic heterocycles. The first-order chi connectivity index (χ1) is 9.26. The summed E-state index contributed by atoms with van der Waals surface area (Å²) < 4.78 is 0. The highest BCUT2D eigenvalue weighted by atomic mass is 15.1. The van der Waals surface area contributed by atoms with E-state index in [2.05, 4.69) is 31.0 Å². The lowest BCUT2D eigenvalue weighted by Gasteiger charge is -2.41. The number of likely N-dealkylation sites (tertiary alicyclic amines) is 1. The Morgan fingerprint density at radius 3 is 2.16 bits per heavy atom. The first-order valence-electron chi connectivity index (χ1n) is 8.69. The number of hydrogen-bond donors (Lipinski definition) is 1. The Hall–Kier alpha value is -0.0800.